The molecule has 0 spiro atoms. The highest BCUT2D eigenvalue weighted by atomic mass is 32.1. The number of esters is 1. The number of anilines is 1. The number of nitrogens with one attached hydrogen (secondary N) is 1. The van der Waals surface area contributed by atoms with Gasteiger partial charge in [-0.25, -0.2) is 9.18 Å². The second-order valence-electron chi connectivity index (χ2n) is 6.31. The molecule has 0 aliphatic rings. The van der Waals surface area contributed by atoms with Gasteiger partial charge in [-0.1, -0.05) is 42.0 Å². The summed E-state index contributed by atoms with van der Waals surface area (Å²) in [6.07, 6.45) is 3.12. The number of ether oxygens (including phenoxy) is 1. The molecule has 0 saturated heterocycles. The number of aryl methyl sites for hydroxylation is 1. The predicted octanol–water partition coefficient (Wildman–Crippen LogP) is 5.69. The minimum absolute atomic E-state index is 0.207. The van der Waals surface area contributed by atoms with E-state index in [1.807, 2.05) is 31.2 Å². The molecule has 1 amide bonds. The molecule has 1 heterocycles. The fraction of sp³-hybridized carbons (Fsp3) is 0.130. The molecular weight excluding hydrogens is 389 g/mol. The first-order chi connectivity index (χ1) is 14.0. The molecule has 0 atom stereocenters. The van der Waals surface area contributed by atoms with Crippen LogP contribution in [0.15, 0.2) is 60.0 Å². The molecule has 4 nitrogen and oxygen atoms in total. The lowest BCUT2D eigenvalue weighted by atomic mass is 10.0. The van der Waals surface area contributed by atoms with Gasteiger partial charge in [-0.3, -0.25) is 4.79 Å². The van der Waals surface area contributed by atoms with Crippen molar-refractivity contribution in [3.05, 3.63) is 82.5 Å². The van der Waals surface area contributed by atoms with Crippen molar-refractivity contribution in [2.24, 2.45) is 0 Å². The Balaban J connectivity index is 1.86. The van der Waals surface area contributed by atoms with Crippen molar-refractivity contribution in [3.8, 4) is 11.1 Å². The highest BCUT2D eigenvalue weighted by Crippen LogP contribution is 2.36. The van der Waals surface area contributed by atoms with Gasteiger partial charge in [-0.15, -0.1) is 11.3 Å². The van der Waals surface area contributed by atoms with Gasteiger partial charge in [0, 0.05) is 17.0 Å². The van der Waals surface area contributed by atoms with Gasteiger partial charge in [0.15, 0.2) is 0 Å². The van der Waals surface area contributed by atoms with Crippen LogP contribution in [-0.2, 0) is 9.53 Å². The van der Waals surface area contributed by atoms with Crippen LogP contribution in [0.1, 0.15) is 28.4 Å². The summed E-state index contributed by atoms with van der Waals surface area (Å²) < 4.78 is 18.4. The number of benzene rings is 2. The molecule has 2 aromatic carbocycles. The minimum Gasteiger partial charge on any atom is -0.462 e. The van der Waals surface area contributed by atoms with Crippen molar-refractivity contribution in [3.63, 3.8) is 0 Å². The number of hydrogen-bond acceptors (Lipinski definition) is 4. The highest BCUT2D eigenvalue weighted by molar-refractivity contribution is 7.15. The number of carbonyl (C=O) groups excluding carboxylic acids is 2. The molecular formula is C23H20FNO3S. The fourth-order valence-corrected chi connectivity index (χ4v) is 3.66. The van der Waals surface area contributed by atoms with Crippen LogP contribution in [0.4, 0.5) is 9.39 Å². The Bertz CT molecular complexity index is 1040. The van der Waals surface area contributed by atoms with E-state index in [9.17, 15) is 14.0 Å². The number of carbonyl (C=O) groups is 2. The summed E-state index contributed by atoms with van der Waals surface area (Å²) in [5, 5.41) is 4.89. The number of rotatable bonds is 6. The van der Waals surface area contributed by atoms with Crippen LogP contribution in [0.2, 0.25) is 0 Å². The summed E-state index contributed by atoms with van der Waals surface area (Å²) in [6, 6.07) is 13.6. The van der Waals surface area contributed by atoms with Crippen molar-refractivity contribution in [2.75, 3.05) is 11.9 Å². The summed E-state index contributed by atoms with van der Waals surface area (Å²) in [4.78, 5) is 24.9. The Morgan fingerprint density at radius 2 is 1.79 bits per heavy atom. The van der Waals surface area contributed by atoms with Crippen molar-refractivity contribution in [1.29, 1.82) is 0 Å². The number of amides is 1. The molecule has 0 unspecified atom stereocenters. The zero-order valence-corrected chi connectivity index (χ0v) is 16.9. The van der Waals surface area contributed by atoms with Crippen LogP contribution in [0.25, 0.3) is 17.2 Å². The van der Waals surface area contributed by atoms with Crippen molar-refractivity contribution < 1.29 is 18.7 Å². The summed E-state index contributed by atoms with van der Waals surface area (Å²) >= 11 is 1.22. The number of thiophene rings is 1. The molecule has 0 fully saturated rings. The Hall–Kier alpha value is -3.25. The molecule has 0 saturated carbocycles. The van der Waals surface area contributed by atoms with Gasteiger partial charge in [0.2, 0.25) is 5.91 Å². The maximum absolute atomic E-state index is 13.3. The van der Waals surface area contributed by atoms with Gasteiger partial charge in [-0.2, -0.15) is 0 Å². The molecule has 148 valence electrons. The number of halogens is 1. The van der Waals surface area contributed by atoms with Crippen LogP contribution < -0.4 is 5.32 Å². The third-order valence-electron chi connectivity index (χ3n) is 4.17. The third kappa shape index (κ3) is 5.18. The summed E-state index contributed by atoms with van der Waals surface area (Å²) in [5.74, 6) is -1.26. The van der Waals surface area contributed by atoms with Crippen molar-refractivity contribution >= 4 is 34.3 Å². The molecule has 0 radical (unpaired) electrons. The van der Waals surface area contributed by atoms with E-state index in [1.165, 1.54) is 29.5 Å². The van der Waals surface area contributed by atoms with E-state index >= 15 is 0 Å². The lowest BCUT2D eigenvalue weighted by molar-refractivity contribution is -0.111. The average Bonchev–Trinajstić information content (AvgIpc) is 3.12. The largest absolute Gasteiger partial charge is 0.462 e. The zero-order chi connectivity index (χ0) is 20.8. The molecule has 0 bridgehead atoms. The maximum Gasteiger partial charge on any atom is 0.341 e. The van der Waals surface area contributed by atoms with E-state index in [2.05, 4.69) is 5.32 Å². The first-order valence-corrected chi connectivity index (χ1v) is 9.96. The van der Waals surface area contributed by atoms with E-state index < -0.39 is 5.97 Å². The molecule has 1 aromatic heterocycles. The Labute approximate surface area is 172 Å². The van der Waals surface area contributed by atoms with E-state index in [-0.39, 0.29) is 23.9 Å². The van der Waals surface area contributed by atoms with Crippen LogP contribution in [-0.4, -0.2) is 18.5 Å². The zero-order valence-electron chi connectivity index (χ0n) is 16.1. The third-order valence-corrected chi connectivity index (χ3v) is 5.06. The standard InChI is InChI=1S/C23H20FNO3S/c1-3-28-23(27)21-19(17-9-11-18(24)12-10-17)14-29-22(21)25-20(26)13-8-16-6-4-15(2)5-7-16/h4-14H,3H2,1-2H3,(H,25,26). The predicted molar refractivity (Wildman–Crippen MR) is 115 cm³/mol. The highest BCUT2D eigenvalue weighted by Gasteiger charge is 2.22. The van der Waals surface area contributed by atoms with Gasteiger partial charge in [-0.05, 0) is 43.2 Å². The lowest BCUT2D eigenvalue weighted by Crippen LogP contribution is -2.12. The van der Waals surface area contributed by atoms with Crippen LogP contribution in [0.3, 0.4) is 0 Å². The van der Waals surface area contributed by atoms with Gasteiger partial charge in [0.25, 0.3) is 0 Å². The summed E-state index contributed by atoms with van der Waals surface area (Å²) in [6.45, 7) is 3.91. The normalized spacial score (nSPS) is 10.9. The molecule has 3 aromatic rings. The van der Waals surface area contributed by atoms with E-state index in [4.69, 9.17) is 4.74 Å². The van der Waals surface area contributed by atoms with Crippen LogP contribution >= 0.6 is 11.3 Å². The Kier molecular flexibility index (Phi) is 6.57. The monoisotopic (exact) mass is 409 g/mol. The van der Waals surface area contributed by atoms with E-state index in [0.29, 0.717) is 16.1 Å². The Morgan fingerprint density at radius 3 is 2.45 bits per heavy atom. The first kappa shape index (κ1) is 20.5. The van der Waals surface area contributed by atoms with Crippen LogP contribution in [0, 0.1) is 12.7 Å². The van der Waals surface area contributed by atoms with Gasteiger partial charge < -0.3 is 10.1 Å². The van der Waals surface area contributed by atoms with Crippen LogP contribution in [0.5, 0.6) is 0 Å². The topological polar surface area (TPSA) is 55.4 Å². The molecule has 1 N–H and O–H groups in total. The van der Waals surface area contributed by atoms with Gasteiger partial charge in [0.1, 0.15) is 16.4 Å². The second kappa shape index (κ2) is 9.30. The summed E-state index contributed by atoms with van der Waals surface area (Å²) in [7, 11) is 0. The second-order valence-corrected chi connectivity index (χ2v) is 7.19. The number of hydrogen-bond donors (Lipinski definition) is 1. The smallest absolute Gasteiger partial charge is 0.341 e. The quantitative estimate of drug-likeness (QED) is 0.420. The average molecular weight is 409 g/mol. The van der Waals surface area contributed by atoms with Crippen molar-refractivity contribution in [2.45, 2.75) is 13.8 Å². The van der Waals surface area contributed by atoms with Crippen molar-refractivity contribution in [1.82, 2.24) is 0 Å². The summed E-state index contributed by atoms with van der Waals surface area (Å²) in [5.41, 5.74) is 3.56. The lowest BCUT2D eigenvalue weighted by Gasteiger charge is -2.08. The van der Waals surface area contributed by atoms with E-state index in [1.54, 1.807) is 30.5 Å². The van der Waals surface area contributed by atoms with E-state index in [0.717, 1.165) is 11.1 Å². The molecule has 0 aliphatic carbocycles. The minimum atomic E-state index is -0.536. The Morgan fingerprint density at radius 1 is 1.10 bits per heavy atom. The van der Waals surface area contributed by atoms with Gasteiger partial charge in [0.05, 0.1) is 6.61 Å². The van der Waals surface area contributed by atoms with Gasteiger partial charge >= 0.3 is 5.97 Å². The molecule has 6 heteroatoms. The SMILES string of the molecule is CCOC(=O)c1c(-c2ccc(F)cc2)csc1NC(=O)C=Cc1ccc(C)cc1. The first-order valence-electron chi connectivity index (χ1n) is 9.08. The fourth-order valence-electron chi connectivity index (χ4n) is 2.70. The molecule has 29 heavy (non-hydrogen) atoms. The molecule has 3 rings (SSSR count). The molecule has 0 aliphatic heterocycles. The maximum atomic E-state index is 13.3.